The lowest BCUT2D eigenvalue weighted by molar-refractivity contribution is -0.130. The molecule has 4 nitrogen and oxygen atoms in total. The van der Waals surface area contributed by atoms with Crippen molar-refractivity contribution in [1.82, 2.24) is 15.1 Å². The zero-order chi connectivity index (χ0) is 13.9. The minimum atomic E-state index is -0.0704. The third-order valence-electron chi connectivity index (χ3n) is 3.95. The molecule has 0 aliphatic carbocycles. The van der Waals surface area contributed by atoms with Crippen LogP contribution in [0.2, 0.25) is 0 Å². The van der Waals surface area contributed by atoms with Gasteiger partial charge in [0.25, 0.3) is 0 Å². The summed E-state index contributed by atoms with van der Waals surface area (Å²) >= 11 is 3.74. The summed E-state index contributed by atoms with van der Waals surface area (Å²) in [6, 6.07) is 4.09. The van der Waals surface area contributed by atoms with Gasteiger partial charge in [0.1, 0.15) is 6.17 Å². The first-order chi connectivity index (χ1) is 9.75. The fourth-order valence-electron chi connectivity index (χ4n) is 2.77. The molecule has 0 radical (unpaired) electrons. The monoisotopic (exact) mass is 311 g/mol. The van der Waals surface area contributed by atoms with Gasteiger partial charge in [-0.15, -0.1) is 11.3 Å². The Hall–Kier alpha value is -0.560. The minimum Gasteiger partial charge on any atom is -0.319 e. The van der Waals surface area contributed by atoms with Crippen molar-refractivity contribution in [1.29, 1.82) is 0 Å². The highest BCUT2D eigenvalue weighted by Crippen LogP contribution is 2.28. The summed E-state index contributed by atoms with van der Waals surface area (Å²) in [4.78, 5) is 18.0. The number of amides is 1. The van der Waals surface area contributed by atoms with Crippen LogP contribution in [0.5, 0.6) is 0 Å². The van der Waals surface area contributed by atoms with Crippen molar-refractivity contribution >= 4 is 29.0 Å². The van der Waals surface area contributed by atoms with Crippen molar-refractivity contribution in [2.45, 2.75) is 19.1 Å². The van der Waals surface area contributed by atoms with Gasteiger partial charge in [0, 0.05) is 42.6 Å². The van der Waals surface area contributed by atoms with Crippen LogP contribution >= 0.6 is 23.1 Å². The highest BCUT2D eigenvalue weighted by molar-refractivity contribution is 7.99. The quantitative estimate of drug-likeness (QED) is 0.916. The third kappa shape index (κ3) is 3.03. The maximum Gasteiger partial charge on any atom is 0.241 e. The van der Waals surface area contributed by atoms with Gasteiger partial charge in [0.2, 0.25) is 5.91 Å². The lowest BCUT2D eigenvalue weighted by Crippen LogP contribution is -2.41. The smallest absolute Gasteiger partial charge is 0.241 e. The molecule has 0 bridgehead atoms. The third-order valence-corrected chi connectivity index (χ3v) is 5.81. The van der Waals surface area contributed by atoms with Gasteiger partial charge in [-0.2, -0.15) is 11.8 Å². The molecular weight excluding hydrogens is 290 g/mol. The maximum absolute atomic E-state index is 12.3. The Bertz CT molecular complexity index is 445. The van der Waals surface area contributed by atoms with E-state index in [0.29, 0.717) is 0 Å². The van der Waals surface area contributed by atoms with E-state index in [-0.39, 0.29) is 18.1 Å². The summed E-state index contributed by atoms with van der Waals surface area (Å²) in [5, 5.41) is 5.48. The Morgan fingerprint density at radius 2 is 2.15 bits per heavy atom. The van der Waals surface area contributed by atoms with E-state index in [1.54, 1.807) is 11.3 Å². The average Bonchev–Trinajstić information content (AvgIpc) is 3.08. The predicted octanol–water partition coefficient (Wildman–Crippen LogP) is 1.62. The van der Waals surface area contributed by atoms with E-state index in [1.807, 2.05) is 23.6 Å². The normalized spacial score (nSPS) is 28.2. The first-order valence-corrected chi connectivity index (χ1v) is 9.19. The van der Waals surface area contributed by atoms with Gasteiger partial charge < -0.3 is 4.90 Å². The molecule has 6 heteroatoms. The summed E-state index contributed by atoms with van der Waals surface area (Å²) in [5.74, 6) is 2.67. The lowest BCUT2D eigenvalue weighted by atomic mass is 10.3. The van der Waals surface area contributed by atoms with E-state index in [1.165, 1.54) is 16.4 Å². The van der Waals surface area contributed by atoms with E-state index in [9.17, 15) is 4.79 Å². The summed E-state index contributed by atoms with van der Waals surface area (Å²) in [6.07, 6.45) is 0.0664. The molecule has 3 rings (SSSR count). The van der Waals surface area contributed by atoms with Gasteiger partial charge in [-0.1, -0.05) is 6.07 Å². The molecule has 2 aliphatic heterocycles. The number of rotatable bonds is 4. The molecule has 2 unspecified atom stereocenters. The number of thiophene rings is 1. The molecule has 1 N–H and O–H groups in total. The Kier molecular flexibility index (Phi) is 4.65. The second-order valence-electron chi connectivity index (χ2n) is 5.29. The van der Waals surface area contributed by atoms with Gasteiger partial charge in [0.15, 0.2) is 0 Å². The van der Waals surface area contributed by atoms with Crippen molar-refractivity contribution < 1.29 is 4.79 Å². The average molecular weight is 311 g/mol. The molecule has 2 aliphatic rings. The fraction of sp³-hybridized carbons (Fsp3) is 0.643. The van der Waals surface area contributed by atoms with E-state index >= 15 is 0 Å². The van der Waals surface area contributed by atoms with Crippen LogP contribution in [0.3, 0.4) is 0 Å². The first kappa shape index (κ1) is 14.4. The number of hydrogen-bond donors (Lipinski definition) is 1. The van der Waals surface area contributed by atoms with Crippen LogP contribution in [0.25, 0.3) is 0 Å². The zero-order valence-electron chi connectivity index (χ0n) is 11.7. The Morgan fingerprint density at radius 1 is 1.35 bits per heavy atom. The summed E-state index contributed by atoms with van der Waals surface area (Å²) in [7, 11) is 0. The molecular formula is C14H21N3OS2. The first-order valence-electron chi connectivity index (χ1n) is 7.16. The molecule has 2 saturated heterocycles. The topological polar surface area (TPSA) is 35.6 Å². The highest BCUT2D eigenvalue weighted by atomic mass is 32.2. The van der Waals surface area contributed by atoms with Crippen LogP contribution in [0.4, 0.5) is 0 Å². The molecule has 3 heterocycles. The van der Waals surface area contributed by atoms with Gasteiger partial charge in [-0.25, -0.2) is 0 Å². The Morgan fingerprint density at radius 3 is 2.85 bits per heavy atom. The number of carbonyl (C=O) groups excluding carboxylic acids is 1. The van der Waals surface area contributed by atoms with Crippen LogP contribution in [-0.4, -0.2) is 59.4 Å². The molecule has 2 fully saturated rings. The zero-order valence-corrected chi connectivity index (χ0v) is 13.4. The van der Waals surface area contributed by atoms with Crippen molar-refractivity contribution in [2.24, 2.45) is 0 Å². The van der Waals surface area contributed by atoms with Crippen LogP contribution in [0, 0.1) is 0 Å². The van der Waals surface area contributed by atoms with E-state index in [0.717, 1.165) is 26.2 Å². The van der Waals surface area contributed by atoms with Crippen LogP contribution in [-0.2, 0) is 4.79 Å². The molecule has 2 atom stereocenters. The number of nitrogens with one attached hydrogen (secondary N) is 1. The van der Waals surface area contributed by atoms with Crippen molar-refractivity contribution in [2.75, 3.05) is 37.7 Å². The molecule has 20 heavy (non-hydrogen) atoms. The van der Waals surface area contributed by atoms with E-state index in [4.69, 9.17) is 0 Å². The van der Waals surface area contributed by atoms with Crippen molar-refractivity contribution in [3.05, 3.63) is 22.4 Å². The van der Waals surface area contributed by atoms with E-state index < -0.39 is 0 Å². The molecule has 1 aromatic heterocycles. The van der Waals surface area contributed by atoms with Gasteiger partial charge in [-0.3, -0.25) is 15.0 Å². The molecule has 1 aromatic rings. The summed E-state index contributed by atoms with van der Waals surface area (Å²) < 4.78 is 0. The minimum absolute atomic E-state index is 0.0664. The molecule has 1 amide bonds. The second-order valence-corrected chi connectivity index (χ2v) is 7.50. The van der Waals surface area contributed by atoms with Crippen LogP contribution in [0.1, 0.15) is 18.0 Å². The van der Waals surface area contributed by atoms with Crippen LogP contribution in [0.15, 0.2) is 17.5 Å². The standard InChI is InChI=1S/C14H21N3OS2/c1-11-14(18)17(5-4-16-6-9-19-10-7-16)13(15-11)12-3-2-8-20-12/h2-3,8,11,13,15H,4-7,9-10H2,1H3. The highest BCUT2D eigenvalue weighted by Gasteiger charge is 2.37. The molecule has 110 valence electrons. The summed E-state index contributed by atoms with van der Waals surface area (Å²) in [6.45, 7) is 6.07. The van der Waals surface area contributed by atoms with E-state index in [2.05, 4.69) is 27.7 Å². The van der Waals surface area contributed by atoms with Crippen molar-refractivity contribution in [3.8, 4) is 0 Å². The lowest BCUT2D eigenvalue weighted by Gasteiger charge is -2.30. The van der Waals surface area contributed by atoms with Crippen molar-refractivity contribution in [3.63, 3.8) is 0 Å². The Balaban J connectivity index is 1.63. The number of hydrogen-bond acceptors (Lipinski definition) is 5. The van der Waals surface area contributed by atoms with Gasteiger partial charge in [0.05, 0.1) is 6.04 Å². The molecule has 0 spiro atoms. The second kappa shape index (κ2) is 6.47. The van der Waals surface area contributed by atoms with Gasteiger partial charge >= 0.3 is 0 Å². The SMILES string of the molecule is CC1NC(c2cccs2)N(CCN2CCSCC2)C1=O. The molecule has 0 saturated carbocycles. The fourth-order valence-corrected chi connectivity index (χ4v) is 4.54. The van der Waals surface area contributed by atoms with Gasteiger partial charge in [-0.05, 0) is 18.4 Å². The Labute approximate surface area is 128 Å². The number of nitrogens with zero attached hydrogens (tertiary/aromatic N) is 2. The number of thioether (sulfide) groups is 1. The summed E-state index contributed by atoms with van der Waals surface area (Å²) in [5.41, 5.74) is 0. The molecule has 0 aromatic carbocycles. The largest absolute Gasteiger partial charge is 0.319 e. The number of carbonyl (C=O) groups is 1. The van der Waals surface area contributed by atoms with Crippen LogP contribution < -0.4 is 5.32 Å². The predicted molar refractivity (Wildman–Crippen MR) is 85.1 cm³/mol. The maximum atomic E-state index is 12.3.